The minimum atomic E-state index is -0.503. The van der Waals surface area contributed by atoms with E-state index >= 15 is 0 Å². The Labute approximate surface area is 148 Å². The molecule has 2 aromatic rings. The summed E-state index contributed by atoms with van der Waals surface area (Å²) in [6.07, 6.45) is 0. The number of esters is 1. The molecule has 1 atom stereocenters. The maximum Gasteiger partial charge on any atom is 0.338 e. The number of nitrogens with one attached hydrogen (secondary N) is 1. The number of benzene rings is 2. The van der Waals surface area contributed by atoms with E-state index < -0.39 is 5.97 Å². The van der Waals surface area contributed by atoms with Gasteiger partial charge in [-0.15, -0.1) is 0 Å². The van der Waals surface area contributed by atoms with Crippen LogP contribution in [0.3, 0.4) is 0 Å². The highest BCUT2D eigenvalue weighted by Crippen LogP contribution is 2.14. The predicted molar refractivity (Wildman–Crippen MR) is 98.9 cm³/mol. The molecule has 0 heterocycles. The van der Waals surface area contributed by atoms with Gasteiger partial charge in [-0.3, -0.25) is 4.79 Å². The Morgan fingerprint density at radius 2 is 1.68 bits per heavy atom. The lowest BCUT2D eigenvalue weighted by atomic mass is 10.0. The number of carbonyl (C=O) groups excluding carboxylic acids is 2. The Balaban J connectivity index is 1.76. The van der Waals surface area contributed by atoms with Gasteiger partial charge in [-0.25, -0.2) is 4.79 Å². The third-order valence-corrected chi connectivity index (χ3v) is 3.93. The normalized spacial score (nSPS) is 11.5. The van der Waals surface area contributed by atoms with Gasteiger partial charge < -0.3 is 15.0 Å². The molecular weight excluding hydrogens is 316 g/mol. The van der Waals surface area contributed by atoms with Gasteiger partial charge in [0.05, 0.1) is 5.56 Å². The number of carbonyl (C=O) groups is 2. The number of rotatable bonds is 7. The van der Waals surface area contributed by atoms with Crippen LogP contribution in [0.25, 0.3) is 0 Å². The van der Waals surface area contributed by atoms with Crippen LogP contribution >= 0.6 is 0 Å². The molecular formula is C20H24N2O3. The summed E-state index contributed by atoms with van der Waals surface area (Å²) in [4.78, 5) is 25.8. The highest BCUT2D eigenvalue weighted by Gasteiger charge is 2.12. The van der Waals surface area contributed by atoms with Crippen LogP contribution in [0.1, 0.15) is 28.8 Å². The lowest BCUT2D eigenvalue weighted by Crippen LogP contribution is -2.31. The average molecular weight is 340 g/mol. The summed E-state index contributed by atoms with van der Waals surface area (Å²) in [7, 11) is 3.85. The molecule has 1 N–H and O–H groups in total. The van der Waals surface area contributed by atoms with E-state index in [9.17, 15) is 9.59 Å². The highest BCUT2D eigenvalue weighted by molar-refractivity contribution is 5.91. The number of nitrogens with zero attached hydrogens (tertiary/aromatic N) is 1. The molecule has 1 amide bonds. The fourth-order valence-corrected chi connectivity index (χ4v) is 2.33. The number of anilines is 1. The summed E-state index contributed by atoms with van der Waals surface area (Å²) in [5.74, 6) is -0.614. The van der Waals surface area contributed by atoms with Crippen molar-refractivity contribution < 1.29 is 14.3 Å². The Hall–Kier alpha value is -2.82. The molecule has 0 saturated heterocycles. The molecule has 0 unspecified atom stereocenters. The fraction of sp³-hybridized carbons (Fsp3) is 0.300. The zero-order valence-electron chi connectivity index (χ0n) is 14.9. The van der Waals surface area contributed by atoms with Crippen LogP contribution in [0, 0.1) is 0 Å². The van der Waals surface area contributed by atoms with Crippen molar-refractivity contribution >= 4 is 17.6 Å². The molecule has 0 saturated carbocycles. The number of ether oxygens (including phenoxy) is 1. The Morgan fingerprint density at radius 3 is 2.28 bits per heavy atom. The quantitative estimate of drug-likeness (QED) is 0.788. The van der Waals surface area contributed by atoms with Crippen molar-refractivity contribution in [3.8, 4) is 0 Å². The summed E-state index contributed by atoms with van der Waals surface area (Å²) in [6.45, 7) is 2.25. The molecule has 0 aliphatic heterocycles. The van der Waals surface area contributed by atoms with Crippen molar-refractivity contribution in [2.24, 2.45) is 0 Å². The Morgan fingerprint density at radius 1 is 1.04 bits per heavy atom. The minimum Gasteiger partial charge on any atom is -0.452 e. The molecule has 5 nitrogen and oxygen atoms in total. The van der Waals surface area contributed by atoms with Crippen molar-refractivity contribution in [1.82, 2.24) is 5.32 Å². The van der Waals surface area contributed by atoms with Crippen LogP contribution in [0.2, 0.25) is 0 Å². The van der Waals surface area contributed by atoms with Crippen molar-refractivity contribution in [3.63, 3.8) is 0 Å². The van der Waals surface area contributed by atoms with Crippen molar-refractivity contribution in [3.05, 3.63) is 65.7 Å². The van der Waals surface area contributed by atoms with E-state index in [4.69, 9.17) is 4.74 Å². The van der Waals surface area contributed by atoms with Gasteiger partial charge in [0, 0.05) is 26.3 Å². The maximum atomic E-state index is 12.0. The molecule has 2 rings (SSSR count). The van der Waals surface area contributed by atoms with Crippen molar-refractivity contribution in [1.29, 1.82) is 0 Å². The molecule has 0 spiro atoms. The van der Waals surface area contributed by atoms with Crippen molar-refractivity contribution in [2.45, 2.75) is 12.8 Å². The third kappa shape index (κ3) is 5.64. The molecule has 25 heavy (non-hydrogen) atoms. The number of hydrogen-bond donors (Lipinski definition) is 1. The summed E-state index contributed by atoms with van der Waals surface area (Å²) in [5, 5.41) is 2.79. The van der Waals surface area contributed by atoms with Crippen LogP contribution < -0.4 is 10.2 Å². The van der Waals surface area contributed by atoms with Crippen LogP contribution in [-0.4, -0.2) is 39.1 Å². The number of hydrogen-bond acceptors (Lipinski definition) is 4. The van der Waals surface area contributed by atoms with E-state index in [2.05, 4.69) is 5.32 Å². The molecule has 132 valence electrons. The minimum absolute atomic E-state index is 0.194. The molecule has 0 bridgehead atoms. The van der Waals surface area contributed by atoms with Gasteiger partial charge in [0.25, 0.3) is 5.91 Å². The molecule has 0 aliphatic carbocycles. The molecule has 5 heteroatoms. The molecule has 0 fully saturated rings. The Bertz CT molecular complexity index is 697. The summed E-state index contributed by atoms with van der Waals surface area (Å²) < 4.78 is 5.06. The monoisotopic (exact) mass is 340 g/mol. The molecule has 2 aromatic carbocycles. The molecule has 0 aromatic heterocycles. The van der Waals surface area contributed by atoms with Crippen LogP contribution in [0.15, 0.2) is 54.6 Å². The van der Waals surface area contributed by atoms with Gasteiger partial charge in [-0.2, -0.15) is 0 Å². The summed E-state index contributed by atoms with van der Waals surface area (Å²) in [5.41, 5.74) is 2.57. The largest absolute Gasteiger partial charge is 0.452 e. The summed E-state index contributed by atoms with van der Waals surface area (Å²) in [6, 6.07) is 17.0. The standard InChI is InChI=1S/C20H24N2O3/c1-15(16-7-5-4-6-8-16)13-21-19(23)14-25-20(24)17-9-11-18(12-10-17)22(2)3/h4-12,15H,13-14H2,1-3H3,(H,21,23)/t15-/m1/s1. The van der Waals surface area contributed by atoms with Crippen LogP contribution in [0.4, 0.5) is 5.69 Å². The highest BCUT2D eigenvalue weighted by atomic mass is 16.5. The van der Waals surface area contributed by atoms with Crippen LogP contribution in [-0.2, 0) is 9.53 Å². The number of amides is 1. The summed E-state index contributed by atoms with van der Waals surface area (Å²) >= 11 is 0. The van der Waals surface area contributed by atoms with Gasteiger partial charge in [-0.1, -0.05) is 37.3 Å². The van der Waals surface area contributed by atoms with E-state index in [1.54, 1.807) is 12.1 Å². The van der Waals surface area contributed by atoms with Crippen molar-refractivity contribution in [2.75, 3.05) is 32.1 Å². The lowest BCUT2D eigenvalue weighted by molar-refractivity contribution is -0.124. The average Bonchev–Trinajstić information content (AvgIpc) is 2.64. The zero-order chi connectivity index (χ0) is 18.2. The second-order valence-electron chi connectivity index (χ2n) is 6.13. The van der Waals surface area contributed by atoms with Gasteiger partial charge in [0.2, 0.25) is 0 Å². The maximum absolute atomic E-state index is 12.0. The van der Waals surface area contributed by atoms with E-state index in [0.717, 1.165) is 11.3 Å². The zero-order valence-corrected chi connectivity index (χ0v) is 14.9. The first-order chi connectivity index (χ1) is 12.0. The van der Waals surface area contributed by atoms with E-state index in [-0.39, 0.29) is 18.4 Å². The lowest BCUT2D eigenvalue weighted by Gasteiger charge is -2.14. The topological polar surface area (TPSA) is 58.6 Å². The second-order valence-corrected chi connectivity index (χ2v) is 6.13. The first-order valence-electron chi connectivity index (χ1n) is 8.23. The SMILES string of the molecule is C[C@H](CNC(=O)COC(=O)c1ccc(N(C)C)cc1)c1ccccc1. The first kappa shape index (κ1) is 18.5. The second kappa shape index (κ2) is 8.87. The smallest absolute Gasteiger partial charge is 0.338 e. The van der Waals surface area contributed by atoms with E-state index in [0.29, 0.717) is 12.1 Å². The molecule has 0 aliphatic rings. The van der Waals surface area contributed by atoms with E-state index in [1.807, 2.05) is 68.4 Å². The third-order valence-electron chi connectivity index (χ3n) is 3.93. The Kier molecular flexibility index (Phi) is 6.57. The van der Waals surface area contributed by atoms with Gasteiger partial charge in [-0.05, 0) is 35.7 Å². The van der Waals surface area contributed by atoms with Gasteiger partial charge >= 0.3 is 5.97 Å². The fourth-order valence-electron chi connectivity index (χ4n) is 2.33. The van der Waals surface area contributed by atoms with E-state index in [1.165, 1.54) is 0 Å². The van der Waals surface area contributed by atoms with Crippen LogP contribution in [0.5, 0.6) is 0 Å². The van der Waals surface area contributed by atoms with Gasteiger partial charge in [0.15, 0.2) is 6.61 Å². The predicted octanol–water partition coefficient (Wildman–Crippen LogP) is 2.83. The molecule has 0 radical (unpaired) electrons. The van der Waals surface area contributed by atoms with Gasteiger partial charge in [0.1, 0.15) is 0 Å². The first-order valence-corrected chi connectivity index (χ1v) is 8.23.